The summed E-state index contributed by atoms with van der Waals surface area (Å²) in [5, 5.41) is 0. The van der Waals surface area contributed by atoms with Crippen LogP contribution in [0.2, 0.25) is 0 Å². The Balaban J connectivity index is 1.71. The average molecular weight is 338 g/mol. The van der Waals surface area contributed by atoms with E-state index in [2.05, 4.69) is 0 Å². The zero-order valence-electron chi connectivity index (χ0n) is 14.3. The normalized spacial score (nSPS) is 19.2. The van der Waals surface area contributed by atoms with Gasteiger partial charge in [-0.25, -0.2) is 0 Å². The Kier molecular flexibility index (Phi) is 11.8. The molecule has 0 bridgehead atoms. The lowest BCUT2D eigenvalue weighted by molar-refractivity contribution is -0.135. The molecule has 23 heavy (non-hydrogen) atoms. The first-order chi connectivity index (χ1) is 11.1. The van der Waals surface area contributed by atoms with Crippen LogP contribution in [0, 0.1) is 0 Å². The van der Waals surface area contributed by atoms with E-state index in [1.54, 1.807) is 0 Å². The summed E-state index contributed by atoms with van der Waals surface area (Å²) in [6.07, 6.45) is 8.05. The van der Waals surface area contributed by atoms with Gasteiger partial charge >= 0.3 is 6.18 Å². The zero-order chi connectivity index (χ0) is 16.8. The molecule has 0 aromatic carbocycles. The highest BCUT2D eigenvalue weighted by Gasteiger charge is 2.25. The highest BCUT2D eigenvalue weighted by Crippen LogP contribution is 2.23. The van der Waals surface area contributed by atoms with Crippen molar-refractivity contribution in [1.29, 1.82) is 0 Å². The van der Waals surface area contributed by atoms with Crippen LogP contribution in [-0.2, 0) is 9.47 Å². The average Bonchev–Trinajstić information content (AvgIpc) is 2.52. The molecule has 5 heteroatoms. The molecule has 1 saturated heterocycles. The van der Waals surface area contributed by atoms with E-state index >= 15 is 0 Å². The Bertz CT molecular complexity index is 263. The van der Waals surface area contributed by atoms with Gasteiger partial charge in [0.25, 0.3) is 0 Å². The molecule has 0 spiro atoms. The summed E-state index contributed by atoms with van der Waals surface area (Å²) in [4.78, 5) is 0. The van der Waals surface area contributed by atoms with Crippen LogP contribution in [0.1, 0.15) is 83.5 Å². The molecule has 1 heterocycles. The van der Waals surface area contributed by atoms with Crippen molar-refractivity contribution in [3.63, 3.8) is 0 Å². The van der Waals surface area contributed by atoms with Crippen molar-refractivity contribution < 1.29 is 22.6 Å². The van der Waals surface area contributed by atoms with Crippen molar-refractivity contribution in [2.75, 3.05) is 19.8 Å². The smallest absolute Gasteiger partial charge is 0.379 e. The largest absolute Gasteiger partial charge is 0.389 e. The Morgan fingerprint density at radius 1 is 0.826 bits per heavy atom. The molecule has 138 valence electrons. The Labute approximate surface area is 139 Å². The van der Waals surface area contributed by atoms with Crippen LogP contribution in [0.3, 0.4) is 0 Å². The molecular weight excluding hydrogens is 305 g/mol. The molecule has 0 saturated carbocycles. The van der Waals surface area contributed by atoms with E-state index in [1.807, 2.05) is 0 Å². The van der Waals surface area contributed by atoms with Crippen LogP contribution in [0.15, 0.2) is 0 Å². The van der Waals surface area contributed by atoms with E-state index in [0.29, 0.717) is 12.5 Å². The van der Waals surface area contributed by atoms with Gasteiger partial charge in [-0.3, -0.25) is 0 Å². The molecule has 0 aliphatic carbocycles. The number of hydrogen-bond donors (Lipinski definition) is 0. The molecule has 1 fully saturated rings. The quantitative estimate of drug-likeness (QED) is 0.381. The second-order valence-electron chi connectivity index (χ2n) is 6.61. The minimum atomic E-state index is -3.98. The fraction of sp³-hybridized carbons (Fsp3) is 1.00. The Hall–Kier alpha value is -0.290. The third-order valence-corrected chi connectivity index (χ3v) is 4.33. The number of ether oxygens (including phenoxy) is 2. The van der Waals surface area contributed by atoms with Gasteiger partial charge in [0.05, 0.1) is 12.7 Å². The van der Waals surface area contributed by atoms with Crippen molar-refractivity contribution >= 4 is 0 Å². The van der Waals surface area contributed by atoms with Crippen LogP contribution in [0.5, 0.6) is 0 Å². The summed E-state index contributed by atoms with van der Waals surface area (Å²) >= 11 is 0. The first-order valence-corrected chi connectivity index (χ1v) is 9.34. The maximum Gasteiger partial charge on any atom is 0.389 e. The first-order valence-electron chi connectivity index (χ1n) is 9.34. The number of halogens is 3. The Morgan fingerprint density at radius 2 is 1.43 bits per heavy atom. The van der Waals surface area contributed by atoms with Gasteiger partial charge in [-0.05, 0) is 32.1 Å². The lowest BCUT2D eigenvalue weighted by Gasteiger charge is -2.22. The minimum absolute atomic E-state index is 0.283. The molecule has 1 aliphatic rings. The molecule has 0 aromatic rings. The second-order valence-corrected chi connectivity index (χ2v) is 6.61. The second kappa shape index (κ2) is 13.1. The van der Waals surface area contributed by atoms with Gasteiger partial charge in [0.2, 0.25) is 0 Å². The fourth-order valence-electron chi connectivity index (χ4n) is 2.92. The Morgan fingerprint density at radius 3 is 2.00 bits per heavy atom. The number of unbranched alkanes of at least 4 members (excludes halogenated alkanes) is 8. The van der Waals surface area contributed by atoms with E-state index in [0.717, 1.165) is 51.9 Å². The molecule has 0 aromatic heterocycles. The first kappa shape index (κ1) is 20.8. The van der Waals surface area contributed by atoms with Gasteiger partial charge in [0, 0.05) is 19.6 Å². The topological polar surface area (TPSA) is 18.5 Å². The van der Waals surface area contributed by atoms with Gasteiger partial charge in [-0.2, -0.15) is 13.2 Å². The lowest BCUT2D eigenvalue weighted by atomic mass is 10.1. The van der Waals surface area contributed by atoms with Gasteiger partial charge in [0.15, 0.2) is 0 Å². The van der Waals surface area contributed by atoms with Crippen molar-refractivity contribution in [1.82, 2.24) is 0 Å². The standard InChI is InChI=1S/C18H33F3O2/c19-18(20,21)13-9-6-4-2-1-3-5-7-10-14-22-16-17-12-8-11-15-23-17/h17H,1-16H2. The molecule has 2 nitrogen and oxygen atoms in total. The summed E-state index contributed by atoms with van der Waals surface area (Å²) < 4.78 is 47.1. The molecule has 0 amide bonds. The van der Waals surface area contributed by atoms with E-state index < -0.39 is 12.6 Å². The zero-order valence-corrected chi connectivity index (χ0v) is 14.3. The van der Waals surface area contributed by atoms with E-state index in [9.17, 15) is 13.2 Å². The van der Waals surface area contributed by atoms with Gasteiger partial charge in [0.1, 0.15) is 0 Å². The van der Waals surface area contributed by atoms with Gasteiger partial charge < -0.3 is 9.47 Å². The number of alkyl halides is 3. The van der Waals surface area contributed by atoms with Crippen LogP contribution in [0.4, 0.5) is 13.2 Å². The highest BCUT2D eigenvalue weighted by molar-refractivity contribution is 4.62. The molecule has 0 N–H and O–H groups in total. The predicted molar refractivity (Wildman–Crippen MR) is 86.6 cm³/mol. The van der Waals surface area contributed by atoms with Gasteiger partial charge in [-0.15, -0.1) is 0 Å². The molecular formula is C18H33F3O2. The molecule has 1 unspecified atom stereocenters. The molecule has 1 aliphatic heterocycles. The maximum atomic E-state index is 11.9. The van der Waals surface area contributed by atoms with Crippen LogP contribution in [-0.4, -0.2) is 32.1 Å². The van der Waals surface area contributed by atoms with Crippen LogP contribution < -0.4 is 0 Å². The van der Waals surface area contributed by atoms with Crippen molar-refractivity contribution in [3.8, 4) is 0 Å². The van der Waals surface area contributed by atoms with Crippen molar-refractivity contribution in [2.45, 2.75) is 95.8 Å². The molecule has 1 atom stereocenters. The minimum Gasteiger partial charge on any atom is -0.379 e. The summed E-state index contributed by atoms with van der Waals surface area (Å²) in [5.74, 6) is 0. The van der Waals surface area contributed by atoms with Crippen molar-refractivity contribution in [2.24, 2.45) is 0 Å². The van der Waals surface area contributed by atoms with E-state index in [4.69, 9.17) is 9.47 Å². The van der Waals surface area contributed by atoms with E-state index in [-0.39, 0.29) is 6.42 Å². The van der Waals surface area contributed by atoms with Crippen molar-refractivity contribution in [3.05, 3.63) is 0 Å². The number of hydrogen-bond acceptors (Lipinski definition) is 2. The van der Waals surface area contributed by atoms with Crippen LogP contribution in [0.25, 0.3) is 0 Å². The SMILES string of the molecule is FC(F)(F)CCCCCCCCCCCOCC1CCCCO1. The maximum absolute atomic E-state index is 11.9. The molecule has 0 radical (unpaired) electrons. The summed E-state index contributed by atoms with van der Waals surface area (Å²) in [6.45, 7) is 2.43. The number of rotatable bonds is 13. The van der Waals surface area contributed by atoms with Crippen LogP contribution >= 0.6 is 0 Å². The highest BCUT2D eigenvalue weighted by atomic mass is 19.4. The van der Waals surface area contributed by atoms with Gasteiger partial charge in [-0.1, -0.05) is 44.9 Å². The lowest BCUT2D eigenvalue weighted by Crippen LogP contribution is -2.24. The summed E-state index contributed by atoms with van der Waals surface area (Å²) in [7, 11) is 0. The third kappa shape index (κ3) is 13.8. The van der Waals surface area contributed by atoms with E-state index in [1.165, 1.54) is 32.1 Å². The predicted octanol–water partition coefficient (Wildman–Crippen LogP) is 6.04. The summed E-state index contributed by atoms with van der Waals surface area (Å²) in [5.41, 5.74) is 0. The third-order valence-electron chi connectivity index (χ3n) is 4.33. The monoisotopic (exact) mass is 338 g/mol. The molecule has 1 rings (SSSR count). The fourth-order valence-corrected chi connectivity index (χ4v) is 2.92. The summed E-state index contributed by atoms with van der Waals surface area (Å²) in [6, 6.07) is 0.